The molecule has 1 N–H and O–H groups in total. The summed E-state index contributed by atoms with van der Waals surface area (Å²) in [4.78, 5) is 9.02. The Kier molecular flexibility index (Phi) is 4.12. The first-order valence-electron chi connectivity index (χ1n) is 8.13. The van der Waals surface area contributed by atoms with Crippen molar-refractivity contribution in [1.82, 2.24) is 14.5 Å². The number of aromatic nitrogens is 3. The van der Waals surface area contributed by atoms with Gasteiger partial charge in [0.05, 0.1) is 29.8 Å². The first kappa shape index (κ1) is 15.3. The molecule has 0 spiro atoms. The second kappa shape index (κ2) is 6.73. The van der Waals surface area contributed by atoms with Gasteiger partial charge in [-0.1, -0.05) is 30.3 Å². The fraction of sp³-hybridized carbons (Fsp3) is 0.100. The number of hydrogen-bond acceptors (Lipinski definition) is 3. The summed E-state index contributed by atoms with van der Waals surface area (Å²) in [6, 6.07) is 20.4. The third-order valence-electron chi connectivity index (χ3n) is 4.06. The maximum Gasteiger partial charge on any atom is 0.204 e. The van der Waals surface area contributed by atoms with Crippen LogP contribution in [0.1, 0.15) is 11.3 Å². The molecule has 5 heteroatoms. The van der Waals surface area contributed by atoms with Crippen LogP contribution in [0.3, 0.4) is 0 Å². The molecule has 2 aromatic carbocycles. The summed E-state index contributed by atoms with van der Waals surface area (Å²) in [5.74, 6) is 0.545. The van der Waals surface area contributed by atoms with Gasteiger partial charge in [-0.15, -0.1) is 0 Å². The smallest absolute Gasteiger partial charge is 0.204 e. The summed E-state index contributed by atoms with van der Waals surface area (Å²) < 4.78 is 15.3. The highest BCUT2D eigenvalue weighted by atomic mass is 19.1. The molecule has 0 radical (unpaired) electrons. The van der Waals surface area contributed by atoms with Crippen molar-refractivity contribution in [1.29, 1.82) is 0 Å². The van der Waals surface area contributed by atoms with E-state index in [0.29, 0.717) is 13.1 Å². The first-order chi connectivity index (χ1) is 12.3. The van der Waals surface area contributed by atoms with Gasteiger partial charge in [0.15, 0.2) is 0 Å². The number of rotatable bonds is 5. The molecule has 4 aromatic rings. The van der Waals surface area contributed by atoms with Crippen molar-refractivity contribution in [3.05, 3.63) is 90.0 Å². The van der Waals surface area contributed by atoms with Gasteiger partial charge in [-0.05, 0) is 42.0 Å². The number of anilines is 1. The fourth-order valence-electron chi connectivity index (χ4n) is 2.82. The van der Waals surface area contributed by atoms with Crippen molar-refractivity contribution < 1.29 is 4.39 Å². The van der Waals surface area contributed by atoms with Gasteiger partial charge in [0, 0.05) is 6.20 Å². The molecule has 4 nitrogen and oxygen atoms in total. The Hall–Kier alpha value is -3.21. The van der Waals surface area contributed by atoms with Gasteiger partial charge in [-0.25, -0.2) is 9.37 Å². The summed E-state index contributed by atoms with van der Waals surface area (Å²) in [5.41, 5.74) is 3.93. The second-order valence-electron chi connectivity index (χ2n) is 5.81. The number of para-hydroxylation sites is 2. The maximum absolute atomic E-state index is 13.2. The third-order valence-corrected chi connectivity index (χ3v) is 4.06. The normalized spacial score (nSPS) is 10.9. The molecule has 0 aliphatic carbocycles. The SMILES string of the molecule is Fc1ccc(Cn2c(NCc3ccccn3)nc3ccccc32)cc1. The summed E-state index contributed by atoms with van der Waals surface area (Å²) in [5, 5.41) is 3.37. The average Bonchev–Trinajstić information content (AvgIpc) is 3.00. The molecule has 4 rings (SSSR count). The van der Waals surface area contributed by atoms with Crippen molar-refractivity contribution in [2.24, 2.45) is 0 Å². The van der Waals surface area contributed by atoms with Crippen molar-refractivity contribution in [2.75, 3.05) is 5.32 Å². The summed E-state index contributed by atoms with van der Waals surface area (Å²) in [7, 11) is 0. The molecule has 25 heavy (non-hydrogen) atoms. The minimum Gasteiger partial charge on any atom is -0.350 e. The topological polar surface area (TPSA) is 42.7 Å². The molecule has 0 aliphatic heterocycles. The third kappa shape index (κ3) is 3.35. The Labute approximate surface area is 145 Å². The number of hydrogen-bond donors (Lipinski definition) is 1. The summed E-state index contributed by atoms with van der Waals surface area (Å²) >= 11 is 0. The molecule has 0 fully saturated rings. The Morgan fingerprint density at radius 2 is 1.72 bits per heavy atom. The highest BCUT2D eigenvalue weighted by Gasteiger charge is 2.11. The van der Waals surface area contributed by atoms with Gasteiger partial charge < -0.3 is 9.88 Å². The first-order valence-corrected chi connectivity index (χ1v) is 8.13. The van der Waals surface area contributed by atoms with E-state index in [2.05, 4.69) is 14.9 Å². The Balaban J connectivity index is 1.66. The minimum atomic E-state index is -0.229. The molecule has 2 aromatic heterocycles. The van der Waals surface area contributed by atoms with Crippen molar-refractivity contribution in [3.63, 3.8) is 0 Å². The van der Waals surface area contributed by atoms with Gasteiger partial charge in [0.25, 0.3) is 0 Å². The summed E-state index contributed by atoms with van der Waals surface area (Å²) in [6.45, 7) is 1.21. The van der Waals surface area contributed by atoms with Gasteiger partial charge >= 0.3 is 0 Å². The molecule has 0 aliphatic rings. The minimum absolute atomic E-state index is 0.229. The lowest BCUT2D eigenvalue weighted by Crippen LogP contribution is -2.09. The van der Waals surface area contributed by atoms with Crippen molar-refractivity contribution >= 4 is 17.0 Å². The highest BCUT2D eigenvalue weighted by molar-refractivity contribution is 5.78. The van der Waals surface area contributed by atoms with Crippen LogP contribution in [0.2, 0.25) is 0 Å². The molecule has 0 atom stereocenters. The number of benzene rings is 2. The van der Waals surface area contributed by atoms with Gasteiger partial charge in [-0.2, -0.15) is 0 Å². The van der Waals surface area contributed by atoms with E-state index < -0.39 is 0 Å². The lowest BCUT2D eigenvalue weighted by molar-refractivity contribution is 0.626. The van der Waals surface area contributed by atoms with E-state index in [9.17, 15) is 4.39 Å². The number of halogens is 1. The Bertz CT molecular complexity index is 978. The van der Waals surface area contributed by atoms with Crippen LogP contribution in [0.15, 0.2) is 72.9 Å². The van der Waals surface area contributed by atoms with Crippen LogP contribution in [0.4, 0.5) is 10.3 Å². The van der Waals surface area contributed by atoms with Gasteiger partial charge in [0.1, 0.15) is 5.82 Å². The molecule has 0 saturated heterocycles. The fourth-order valence-corrected chi connectivity index (χ4v) is 2.82. The standard InChI is InChI=1S/C20H17FN4/c21-16-10-8-15(9-11-16)14-25-19-7-2-1-6-18(19)24-20(25)23-13-17-5-3-4-12-22-17/h1-12H,13-14H2,(H,23,24). The monoisotopic (exact) mass is 332 g/mol. The maximum atomic E-state index is 13.2. The second-order valence-corrected chi connectivity index (χ2v) is 5.81. The predicted octanol–water partition coefficient (Wildman–Crippen LogP) is 4.23. The largest absolute Gasteiger partial charge is 0.350 e. The van der Waals surface area contributed by atoms with Crippen LogP contribution in [0, 0.1) is 5.82 Å². The van der Waals surface area contributed by atoms with Crippen LogP contribution in [0.25, 0.3) is 11.0 Å². The van der Waals surface area contributed by atoms with Crippen LogP contribution in [0.5, 0.6) is 0 Å². The zero-order valence-electron chi connectivity index (χ0n) is 13.6. The number of nitrogens with one attached hydrogen (secondary N) is 1. The van der Waals surface area contributed by atoms with E-state index in [1.54, 1.807) is 18.3 Å². The van der Waals surface area contributed by atoms with E-state index in [1.807, 2.05) is 42.5 Å². The van der Waals surface area contributed by atoms with Gasteiger partial charge in [0.2, 0.25) is 5.95 Å². The van der Waals surface area contributed by atoms with Crippen LogP contribution in [-0.2, 0) is 13.1 Å². The molecule has 0 bridgehead atoms. The number of fused-ring (bicyclic) bond motifs is 1. The quantitative estimate of drug-likeness (QED) is 0.595. The molecular formula is C20H17FN4. The zero-order valence-corrected chi connectivity index (χ0v) is 13.6. The van der Waals surface area contributed by atoms with E-state index >= 15 is 0 Å². The lowest BCUT2D eigenvalue weighted by atomic mass is 10.2. The van der Waals surface area contributed by atoms with Crippen molar-refractivity contribution in [2.45, 2.75) is 13.1 Å². The Morgan fingerprint density at radius 3 is 2.52 bits per heavy atom. The number of imidazole rings is 1. The van der Waals surface area contributed by atoms with Crippen molar-refractivity contribution in [3.8, 4) is 0 Å². The van der Waals surface area contributed by atoms with E-state index in [0.717, 1.165) is 28.2 Å². The van der Waals surface area contributed by atoms with Crippen LogP contribution < -0.4 is 5.32 Å². The summed E-state index contributed by atoms with van der Waals surface area (Å²) in [6.07, 6.45) is 1.78. The predicted molar refractivity (Wildman–Crippen MR) is 96.8 cm³/mol. The van der Waals surface area contributed by atoms with Crippen LogP contribution in [-0.4, -0.2) is 14.5 Å². The number of pyridine rings is 1. The van der Waals surface area contributed by atoms with E-state index in [-0.39, 0.29) is 5.82 Å². The number of nitrogens with zero attached hydrogens (tertiary/aromatic N) is 3. The zero-order chi connectivity index (χ0) is 17.1. The molecular weight excluding hydrogens is 315 g/mol. The average molecular weight is 332 g/mol. The van der Waals surface area contributed by atoms with Gasteiger partial charge in [-0.3, -0.25) is 4.98 Å². The van der Waals surface area contributed by atoms with E-state index in [4.69, 9.17) is 4.98 Å². The molecule has 0 amide bonds. The lowest BCUT2D eigenvalue weighted by Gasteiger charge is -2.11. The highest BCUT2D eigenvalue weighted by Crippen LogP contribution is 2.21. The molecule has 0 unspecified atom stereocenters. The molecule has 124 valence electrons. The van der Waals surface area contributed by atoms with E-state index in [1.165, 1.54) is 12.1 Å². The molecule has 2 heterocycles. The van der Waals surface area contributed by atoms with Crippen LogP contribution >= 0.6 is 0 Å². The Morgan fingerprint density at radius 1 is 0.920 bits per heavy atom. The molecule has 0 saturated carbocycles.